The van der Waals surface area contributed by atoms with E-state index in [-0.39, 0.29) is 72.0 Å². The van der Waals surface area contributed by atoms with Crippen LogP contribution in [0.15, 0.2) is 0 Å². The van der Waals surface area contributed by atoms with Crippen LogP contribution in [0.25, 0.3) is 0 Å². The van der Waals surface area contributed by atoms with E-state index < -0.39 is 31.7 Å². The van der Waals surface area contributed by atoms with Gasteiger partial charge >= 0.3 is 59.1 Å². The topological polar surface area (TPSA) is 118 Å². The van der Waals surface area contributed by atoms with Gasteiger partial charge in [0.25, 0.3) is 0 Å². The summed E-state index contributed by atoms with van der Waals surface area (Å²) in [6.45, 7) is 3.80. The molecular weight excluding hydrogens is 436 g/mol. The molecule has 0 rings (SSSR count). The summed E-state index contributed by atoms with van der Waals surface area (Å²) in [5.41, 5.74) is 0. The molecule has 0 spiro atoms. The second kappa shape index (κ2) is 21.6. The van der Waals surface area contributed by atoms with Gasteiger partial charge in [-0.15, -0.1) is 0 Å². The van der Waals surface area contributed by atoms with E-state index in [0.717, 1.165) is 25.8 Å². The molecule has 0 bridgehead atoms. The van der Waals surface area contributed by atoms with Gasteiger partial charge in [-0.3, -0.25) is 0 Å². The first-order valence-electron chi connectivity index (χ1n) is 10.2. The molecule has 0 unspecified atom stereocenters. The molecular formula is C18H37NNa2O6S2. The average molecular weight is 474 g/mol. The molecule has 29 heavy (non-hydrogen) atoms. The first-order valence-corrected chi connectivity index (χ1v) is 13.4. The monoisotopic (exact) mass is 473 g/mol. The summed E-state index contributed by atoms with van der Waals surface area (Å²) in [6.07, 6.45) is 12.6. The maximum Gasteiger partial charge on any atom is 1.00 e. The van der Waals surface area contributed by atoms with E-state index in [4.69, 9.17) is 0 Å². The third kappa shape index (κ3) is 29.8. The zero-order valence-electron chi connectivity index (χ0n) is 18.7. The van der Waals surface area contributed by atoms with Crippen LogP contribution >= 0.6 is 0 Å². The SMILES string of the molecule is CCCCCCCCCCCCN(CCCS(=O)(=O)[O-])CCCS(=O)(=O)[O-].[Na+].[Na+]. The summed E-state index contributed by atoms with van der Waals surface area (Å²) >= 11 is 0. The van der Waals surface area contributed by atoms with Crippen LogP contribution in [0.5, 0.6) is 0 Å². The first-order chi connectivity index (χ1) is 12.6. The molecule has 0 heterocycles. The smallest absolute Gasteiger partial charge is 0.748 e. The standard InChI is InChI=1S/C18H39NO6S2.2Na/c1-2-3-4-5-6-7-8-9-10-11-14-19(15-12-17-26(20,21)22)16-13-18-27(23,24)25;;/h2-18H2,1H3,(H,20,21,22)(H,23,24,25);;/q;2*+1/p-2. The summed E-state index contributed by atoms with van der Waals surface area (Å²) < 4.78 is 64.2. The molecule has 164 valence electrons. The van der Waals surface area contributed by atoms with Crippen molar-refractivity contribution in [1.29, 1.82) is 0 Å². The molecule has 0 saturated carbocycles. The van der Waals surface area contributed by atoms with Gasteiger partial charge in [0, 0.05) is 11.5 Å². The van der Waals surface area contributed by atoms with E-state index in [2.05, 4.69) is 6.92 Å². The largest absolute Gasteiger partial charge is 1.00 e. The summed E-state index contributed by atoms with van der Waals surface area (Å²) in [5.74, 6) is -0.831. The minimum absolute atomic E-state index is 0. The molecule has 0 aliphatic heterocycles. The molecule has 0 N–H and O–H groups in total. The van der Waals surface area contributed by atoms with Crippen molar-refractivity contribution in [2.24, 2.45) is 0 Å². The fraction of sp³-hybridized carbons (Fsp3) is 1.00. The van der Waals surface area contributed by atoms with E-state index in [9.17, 15) is 25.9 Å². The van der Waals surface area contributed by atoms with Crippen molar-refractivity contribution >= 4 is 20.2 Å². The minimum atomic E-state index is -4.23. The Morgan fingerprint density at radius 3 is 1.21 bits per heavy atom. The predicted octanol–water partition coefficient (Wildman–Crippen LogP) is -2.91. The van der Waals surface area contributed by atoms with Gasteiger partial charge in [0.05, 0.1) is 20.2 Å². The minimum Gasteiger partial charge on any atom is -0.748 e. The quantitative estimate of drug-likeness (QED) is 0.112. The van der Waals surface area contributed by atoms with Gasteiger partial charge in [0.2, 0.25) is 0 Å². The van der Waals surface area contributed by atoms with E-state index in [0.29, 0.717) is 13.1 Å². The first kappa shape index (κ1) is 35.4. The number of hydrogen-bond donors (Lipinski definition) is 0. The average Bonchev–Trinajstić information content (AvgIpc) is 2.53. The van der Waals surface area contributed by atoms with Crippen LogP contribution in [0, 0.1) is 0 Å². The Bertz CT molecular complexity index is 521. The third-order valence-electron chi connectivity index (χ3n) is 4.57. The van der Waals surface area contributed by atoms with Crippen LogP contribution in [0.1, 0.15) is 84.0 Å². The van der Waals surface area contributed by atoms with Crippen LogP contribution in [0.4, 0.5) is 0 Å². The van der Waals surface area contributed by atoms with E-state index in [1.54, 1.807) is 0 Å². The number of rotatable bonds is 19. The van der Waals surface area contributed by atoms with Gasteiger partial charge < -0.3 is 14.0 Å². The Hall–Kier alpha value is 1.78. The van der Waals surface area contributed by atoms with Crippen molar-refractivity contribution in [3.05, 3.63) is 0 Å². The van der Waals surface area contributed by atoms with Crippen molar-refractivity contribution in [1.82, 2.24) is 4.90 Å². The van der Waals surface area contributed by atoms with Gasteiger partial charge in [-0.05, 0) is 38.9 Å². The van der Waals surface area contributed by atoms with Gasteiger partial charge in [-0.25, -0.2) is 16.8 Å². The number of hydrogen-bond acceptors (Lipinski definition) is 7. The molecule has 0 aromatic carbocycles. The zero-order chi connectivity index (χ0) is 20.6. The summed E-state index contributed by atoms with van der Waals surface area (Å²) in [7, 11) is -8.46. The van der Waals surface area contributed by atoms with Gasteiger partial charge in [0.15, 0.2) is 0 Å². The number of unbranched alkanes of at least 4 members (excludes halogenated alkanes) is 9. The summed E-state index contributed by atoms with van der Waals surface area (Å²) in [5, 5.41) is 0. The van der Waals surface area contributed by atoms with Crippen molar-refractivity contribution in [2.75, 3.05) is 31.1 Å². The van der Waals surface area contributed by atoms with Crippen molar-refractivity contribution in [2.45, 2.75) is 84.0 Å². The Morgan fingerprint density at radius 2 is 0.862 bits per heavy atom. The van der Waals surface area contributed by atoms with Crippen molar-refractivity contribution in [3.8, 4) is 0 Å². The predicted molar refractivity (Wildman–Crippen MR) is 107 cm³/mol. The maximum absolute atomic E-state index is 10.7. The molecule has 0 atom stereocenters. The van der Waals surface area contributed by atoms with E-state index >= 15 is 0 Å². The molecule has 0 fully saturated rings. The molecule has 0 saturated heterocycles. The second-order valence-corrected chi connectivity index (χ2v) is 10.3. The molecule has 0 aromatic heterocycles. The normalized spacial score (nSPS) is 11.9. The summed E-state index contributed by atoms with van der Waals surface area (Å²) in [4.78, 5) is 1.96. The molecule has 0 aromatic rings. The van der Waals surface area contributed by atoms with Crippen LogP contribution in [0.2, 0.25) is 0 Å². The molecule has 7 nitrogen and oxygen atoms in total. The fourth-order valence-electron chi connectivity index (χ4n) is 3.09. The Labute approximate surface area is 223 Å². The second-order valence-electron chi connectivity index (χ2n) is 7.25. The number of nitrogens with zero attached hydrogens (tertiary/aromatic N) is 1. The van der Waals surface area contributed by atoms with Crippen molar-refractivity contribution < 1.29 is 85.1 Å². The third-order valence-corrected chi connectivity index (χ3v) is 6.14. The van der Waals surface area contributed by atoms with Crippen LogP contribution in [-0.2, 0) is 20.2 Å². The van der Waals surface area contributed by atoms with Crippen LogP contribution in [-0.4, -0.2) is 62.0 Å². The molecule has 11 heteroatoms. The summed E-state index contributed by atoms with van der Waals surface area (Å²) in [6, 6.07) is 0. The molecule has 0 aliphatic rings. The Morgan fingerprint density at radius 1 is 0.552 bits per heavy atom. The molecule has 0 radical (unpaired) electrons. The van der Waals surface area contributed by atoms with Gasteiger partial charge in [-0.1, -0.05) is 64.7 Å². The van der Waals surface area contributed by atoms with Crippen LogP contribution in [0.3, 0.4) is 0 Å². The molecule has 0 amide bonds. The molecule has 0 aliphatic carbocycles. The van der Waals surface area contributed by atoms with Gasteiger partial charge in [0.1, 0.15) is 0 Å². The fourth-order valence-corrected chi connectivity index (χ4v) is 4.05. The Kier molecular flexibility index (Phi) is 26.4. The van der Waals surface area contributed by atoms with E-state index in [1.165, 1.54) is 44.9 Å². The van der Waals surface area contributed by atoms with Gasteiger partial charge in [-0.2, -0.15) is 0 Å². The Balaban J connectivity index is -0.00000338. The van der Waals surface area contributed by atoms with Crippen molar-refractivity contribution in [3.63, 3.8) is 0 Å². The van der Waals surface area contributed by atoms with E-state index in [1.807, 2.05) is 4.90 Å². The van der Waals surface area contributed by atoms with Crippen LogP contribution < -0.4 is 59.1 Å². The zero-order valence-corrected chi connectivity index (χ0v) is 24.4. The maximum atomic E-state index is 10.7.